The second-order valence-corrected chi connectivity index (χ2v) is 8.75. The molecule has 4 rings (SSSR count). The lowest BCUT2D eigenvalue weighted by Gasteiger charge is -2.35. The van der Waals surface area contributed by atoms with Crippen LogP contribution >= 0.6 is 0 Å². The summed E-state index contributed by atoms with van der Waals surface area (Å²) >= 11 is 0. The standard InChI is InChI=1S/C22H25F6N7O2/c23-21(24,25)13-37-19-32-17(29-16-7-3-4-14(12-16)22(26,27)28)31-18(33-19)34-8-10-35(11-9-34)20(36)30-15-5-1-2-6-15/h3-4,7,12,15H,1-2,5-6,8-11,13H2,(H,30,36)(H,29,31,32,33). The summed E-state index contributed by atoms with van der Waals surface area (Å²) in [5, 5.41) is 5.58. The third-order valence-electron chi connectivity index (χ3n) is 5.95. The third kappa shape index (κ3) is 7.49. The Morgan fingerprint density at radius 1 is 1.00 bits per heavy atom. The second-order valence-electron chi connectivity index (χ2n) is 8.75. The van der Waals surface area contributed by atoms with Gasteiger partial charge in [0, 0.05) is 37.9 Å². The minimum Gasteiger partial charge on any atom is -0.454 e. The Bertz CT molecular complexity index is 1080. The predicted octanol–water partition coefficient (Wildman–Crippen LogP) is 4.35. The van der Waals surface area contributed by atoms with E-state index >= 15 is 0 Å². The maximum absolute atomic E-state index is 13.1. The lowest BCUT2D eigenvalue weighted by Crippen LogP contribution is -2.53. The summed E-state index contributed by atoms with van der Waals surface area (Å²) in [5.41, 5.74) is -0.950. The van der Waals surface area contributed by atoms with Crippen molar-refractivity contribution in [1.29, 1.82) is 0 Å². The van der Waals surface area contributed by atoms with Gasteiger partial charge in [-0.15, -0.1) is 0 Å². The topological polar surface area (TPSA) is 95.5 Å². The van der Waals surface area contributed by atoms with Crippen molar-refractivity contribution < 1.29 is 35.9 Å². The summed E-state index contributed by atoms with van der Waals surface area (Å²) in [7, 11) is 0. The second kappa shape index (κ2) is 10.8. The van der Waals surface area contributed by atoms with Crippen LogP contribution in [0.15, 0.2) is 24.3 Å². The van der Waals surface area contributed by atoms with Crippen molar-refractivity contribution in [2.75, 3.05) is 43.0 Å². The van der Waals surface area contributed by atoms with E-state index in [0.717, 1.165) is 37.8 Å². The van der Waals surface area contributed by atoms with Crippen molar-refractivity contribution in [3.05, 3.63) is 29.8 Å². The third-order valence-corrected chi connectivity index (χ3v) is 5.95. The van der Waals surface area contributed by atoms with Crippen molar-refractivity contribution in [2.45, 2.75) is 44.1 Å². The van der Waals surface area contributed by atoms with Gasteiger partial charge in [-0.05, 0) is 31.0 Å². The van der Waals surface area contributed by atoms with Gasteiger partial charge in [0.05, 0.1) is 5.56 Å². The van der Waals surface area contributed by atoms with Crippen LogP contribution < -0.4 is 20.3 Å². The molecule has 202 valence electrons. The number of carbonyl (C=O) groups excluding carboxylic acids is 1. The van der Waals surface area contributed by atoms with Gasteiger partial charge in [-0.25, -0.2) is 4.79 Å². The lowest BCUT2D eigenvalue weighted by atomic mass is 10.2. The molecule has 2 aromatic rings. The number of halogens is 6. The molecule has 1 aromatic carbocycles. The van der Waals surface area contributed by atoms with Crippen LogP contribution in [0.1, 0.15) is 31.2 Å². The van der Waals surface area contributed by atoms with Crippen molar-refractivity contribution >= 4 is 23.6 Å². The molecule has 1 saturated carbocycles. The summed E-state index contributed by atoms with van der Waals surface area (Å²) in [6.07, 6.45) is -5.20. The Kier molecular flexibility index (Phi) is 7.78. The van der Waals surface area contributed by atoms with Gasteiger partial charge in [-0.3, -0.25) is 0 Å². The van der Waals surface area contributed by atoms with Crippen molar-refractivity contribution in [3.8, 4) is 6.01 Å². The van der Waals surface area contributed by atoms with Crippen LogP contribution in [0.5, 0.6) is 6.01 Å². The molecular weight excluding hydrogens is 508 g/mol. The zero-order valence-corrected chi connectivity index (χ0v) is 19.6. The van der Waals surface area contributed by atoms with E-state index in [4.69, 9.17) is 0 Å². The average Bonchev–Trinajstić information content (AvgIpc) is 3.35. The highest BCUT2D eigenvalue weighted by Gasteiger charge is 2.32. The fourth-order valence-corrected chi connectivity index (χ4v) is 4.10. The van der Waals surface area contributed by atoms with E-state index in [-0.39, 0.29) is 42.7 Å². The summed E-state index contributed by atoms with van der Waals surface area (Å²) < 4.78 is 81.9. The van der Waals surface area contributed by atoms with Gasteiger partial charge < -0.3 is 25.2 Å². The Morgan fingerprint density at radius 3 is 2.35 bits per heavy atom. The van der Waals surface area contributed by atoms with E-state index in [1.807, 2.05) is 0 Å². The fourth-order valence-electron chi connectivity index (χ4n) is 4.10. The normalized spacial score (nSPS) is 17.1. The zero-order valence-electron chi connectivity index (χ0n) is 19.6. The van der Waals surface area contributed by atoms with E-state index in [9.17, 15) is 31.1 Å². The Balaban J connectivity index is 1.48. The first kappa shape index (κ1) is 26.5. The summed E-state index contributed by atoms with van der Waals surface area (Å²) in [4.78, 5) is 27.7. The molecule has 0 bridgehead atoms. The van der Waals surface area contributed by atoms with Gasteiger partial charge in [0.25, 0.3) is 0 Å². The molecule has 2 amide bonds. The van der Waals surface area contributed by atoms with E-state index in [1.165, 1.54) is 12.1 Å². The fraction of sp³-hybridized carbons (Fsp3) is 0.545. The van der Waals surface area contributed by atoms with Crippen molar-refractivity contribution in [3.63, 3.8) is 0 Å². The van der Waals surface area contributed by atoms with Crippen LogP contribution in [-0.2, 0) is 6.18 Å². The number of nitrogens with zero attached hydrogens (tertiary/aromatic N) is 5. The van der Waals surface area contributed by atoms with Gasteiger partial charge in [-0.2, -0.15) is 41.3 Å². The molecule has 1 aromatic heterocycles. The number of hydrogen-bond donors (Lipinski definition) is 2. The molecule has 2 heterocycles. The quantitative estimate of drug-likeness (QED) is 0.533. The number of carbonyl (C=O) groups is 1. The van der Waals surface area contributed by atoms with Crippen LogP contribution in [0.4, 0.5) is 48.7 Å². The Hall–Kier alpha value is -3.52. The van der Waals surface area contributed by atoms with Gasteiger partial charge in [-0.1, -0.05) is 18.9 Å². The molecular formula is C22H25F6N7O2. The number of amides is 2. The number of hydrogen-bond acceptors (Lipinski definition) is 7. The van der Waals surface area contributed by atoms with Crippen molar-refractivity contribution in [2.24, 2.45) is 0 Å². The first-order valence-electron chi connectivity index (χ1n) is 11.7. The Morgan fingerprint density at radius 2 is 1.70 bits per heavy atom. The SMILES string of the molecule is O=C(NC1CCCC1)N1CCN(c2nc(Nc3cccc(C(F)(F)F)c3)nc(OCC(F)(F)F)n2)CC1. The van der Waals surface area contributed by atoms with Gasteiger partial charge in [0.2, 0.25) is 11.9 Å². The molecule has 1 aliphatic heterocycles. The lowest BCUT2D eigenvalue weighted by molar-refractivity contribution is -0.154. The van der Waals surface area contributed by atoms with Gasteiger partial charge in [0.1, 0.15) is 0 Å². The van der Waals surface area contributed by atoms with E-state index in [1.54, 1.807) is 9.80 Å². The number of anilines is 3. The molecule has 2 N–H and O–H groups in total. The molecule has 0 unspecified atom stereocenters. The average molecular weight is 533 g/mol. The molecule has 37 heavy (non-hydrogen) atoms. The van der Waals surface area contributed by atoms with Crippen LogP contribution in [0.3, 0.4) is 0 Å². The number of piperazine rings is 1. The highest BCUT2D eigenvalue weighted by molar-refractivity contribution is 5.75. The zero-order chi connectivity index (χ0) is 26.6. The molecule has 0 radical (unpaired) electrons. The number of aromatic nitrogens is 3. The minimum atomic E-state index is -4.65. The first-order valence-corrected chi connectivity index (χ1v) is 11.7. The Labute approximate surface area is 208 Å². The molecule has 15 heteroatoms. The number of benzene rings is 1. The molecule has 0 spiro atoms. The van der Waals surface area contributed by atoms with E-state index < -0.39 is 30.5 Å². The molecule has 1 saturated heterocycles. The first-order chi connectivity index (χ1) is 17.5. The number of urea groups is 1. The molecule has 1 aliphatic carbocycles. The summed E-state index contributed by atoms with van der Waals surface area (Å²) in [6.45, 7) is -0.457. The van der Waals surface area contributed by atoms with Crippen molar-refractivity contribution in [1.82, 2.24) is 25.2 Å². The summed E-state index contributed by atoms with van der Waals surface area (Å²) in [5.74, 6) is -0.319. The maximum Gasteiger partial charge on any atom is 0.422 e. The molecule has 2 aliphatic rings. The van der Waals surface area contributed by atoms with E-state index in [2.05, 4.69) is 30.3 Å². The highest BCUT2D eigenvalue weighted by Crippen LogP contribution is 2.31. The van der Waals surface area contributed by atoms with Gasteiger partial charge >= 0.3 is 24.4 Å². The highest BCUT2D eigenvalue weighted by atomic mass is 19.4. The van der Waals surface area contributed by atoms with Gasteiger partial charge in [0.15, 0.2) is 6.61 Å². The van der Waals surface area contributed by atoms with Crippen LogP contribution in [0.25, 0.3) is 0 Å². The smallest absolute Gasteiger partial charge is 0.422 e. The largest absolute Gasteiger partial charge is 0.454 e. The molecule has 9 nitrogen and oxygen atoms in total. The molecule has 2 fully saturated rings. The maximum atomic E-state index is 13.1. The predicted molar refractivity (Wildman–Crippen MR) is 121 cm³/mol. The van der Waals surface area contributed by atoms with Crippen LogP contribution in [0.2, 0.25) is 0 Å². The molecule has 0 atom stereocenters. The van der Waals surface area contributed by atoms with Crippen LogP contribution in [0, 0.1) is 0 Å². The number of ether oxygens (including phenoxy) is 1. The minimum absolute atomic E-state index is 0.0258. The number of alkyl halides is 6. The summed E-state index contributed by atoms with van der Waals surface area (Å²) in [6, 6.07) is 3.54. The monoisotopic (exact) mass is 533 g/mol. The van der Waals surface area contributed by atoms with E-state index in [0.29, 0.717) is 13.1 Å². The van der Waals surface area contributed by atoms with Crippen LogP contribution in [-0.4, -0.2) is 70.9 Å². The number of rotatable bonds is 6. The number of nitrogens with one attached hydrogen (secondary N) is 2.